The summed E-state index contributed by atoms with van der Waals surface area (Å²) in [5, 5.41) is 0. The van der Waals surface area contributed by atoms with Crippen molar-refractivity contribution in [1.29, 1.82) is 0 Å². The highest BCUT2D eigenvalue weighted by molar-refractivity contribution is 6.70. The summed E-state index contributed by atoms with van der Waals surface area (Å²) in [5.41, 5.74) is 3.82. The summed E-state index contributed by atoms with van der Waals surface area (Å²) >= 11 is 0. The number of rotatable bonds is 7. The van der Waals surface area contributed by atoms with E-state index in [1.807, 2.05) is 6.08 Å². The number of allylic oxidation sites excluding steroid dienone is 2. The van der Waals surface area contributed by atoms with Crippen molar-refractivity contribution in [2.45, 2.75) is 26.5 Å². The Kier molecular flexibility index (Phi) is 6.32. The fourth-order valence-corrected chi connectivity index (χ4v) is 2.91. The molecule has 1 saturated heterocycles. The van der Waals surface area contributed by atoms with Gasteiger partial charge in [-0.2, -0.15) is 0 Å². The lowest BCUT2D eigenvalue weighted by Crippen LogP contribution is -2.29. The highest BCUT2D eigenvalue weighted by Crippen LogP contribution is 2.15. The van der Waals surface area contributed by atoms with Crippen LogP contribution < -0.4 is 5.46 Å². The molecule has 0 aromatic heterocycles. The fraction of sp³-hybridized carbons (Fsp3) is 0.474. The molecule has 1 fully saturated rings. The summed E-state index contributed by atoms with van der Waals surface area (Å²) in [6.07, 6.45) is 6.89. The second kappa shape index (κ2) is 8.23. The van der Waals surface area contributed by atoms with Gasteiger partial charge >= 0.3 is 0 Å². The van der Waals surface area contributed by atoms with E-state index in [1.54, 1.807) is 0 Å². The van der Waals surface area contributed by atoms with Gasteiger partial charge in [0.1, 0.15) is 0 Å². The predicted molar refractivity (Wildman–Crippen MR) is 100 cm³/mol. The summed E-state index contributed by atoms with van der Waals surface area (Å²) in [6, 6.07) is 8.86. The molecule has 0 N–H and O–H groups in total. The Hall–Kier alpha value is -1.48. The summed E-state index contributed by atoms with van der Waals surface area (Å²) in [6.45, 7) is 13.8. The maximum absolute atomic E-state index is 3.98. The minimum Gasteiger partial charge on any atom is -0.379 e. The Bertz CT molecular complexity index is 499. The zero-order valence-corrected chi connectivity index (χ0v) is 14.4. The van der Waals surface area contributed by atoms with Crippen LogP contribution in [0.2, 0.25) is 13.6 Å². The Labute approximate surface area is 136 Å². The Morgan fingerprint density at radius 2 is 1.86 bits per heavy atom. The molecule has 1 aromatic rings. The fourth-order valence-electron chi connectivity index (χ4n) is 2.91. The van der Waals surface area contributed by atoms with Gasteiger partial charge in [-0.25, -0.2) is 0 Å². The number of hydrogen-bond donors (Lipinski definition) is 0. The van der Waals surface area contributed by atoms with Crippen LogP contribution in [0.4, 0.5) is 0 Å². The van der Waals surface area contributed by atoms with Crippen molar-refractivity contribution >= 4 is 17.7 Å². The summed E-state index contributed by atoms with van der Waals surface area (Å²) in [5.74, 6) is 0. The lowest BCUT2D eigenvalue weighted by molar-refractivity contribution is 0.297. The number of likely N-dealkylation sites (tertiary alicyclic amines) is 1. The third kappa shape index (κ3) is 4.77. The molecule has 0 radical (unpaired) electrons. The lowest BCUT2D eigenvalue weighted by Gasteiger charge is -2.21. The van der Waals surface area contributed by atoms with Crippen LogP contribution in [0.5, 0.6) is 0 Å². The quantitative estimate of drug-likeness (QED) is 0.563. The van der Waals surface area contributed by atoms with Crippen molar-refractivity contribution in [3.8, 4) is 0 Å². The van der Waals surface area contributed by atoms with Gasteiger partial charge in [0, 0.05) is 26.3 Å². The molecule has 0 atom stereocenters. The number of benzene rings is 1. The van der Waals surface area contributed by atoms with Crippen molar-refractivity contribution in [2.75, 3.05) is 33.2 Å². The molecule has 1 aromatic carbocycles. The number of nitrogens with zero attached hydrogens (tertiary/aromatic N) is 2. The van der Waals surface area contributed by atoms with Crippen LogP contribution in [0.25, 0.3) is 5.57 Å². The Balaban J connectivity index is 1.97. The van der Waals surface area contributed by atoms with Gasteiger partial charge in [-0.3, -0.25) is 0 Å². The van der Waals surface area contributed by atoms with Crippen LogP contribution in [0.1, 0.15) is 18.4 Å². The molecule has 0 aliphatic carbocycles. The van der Waals surface area contributed by atoms with Crippen molar-refractivity contribution in [1.82, 2.24) is 9.80 Å². The molecule has 0 spiro atoms. The van der Waals surface area contributed by atoms with Crippen LogP contribution in [0.3, 0.4) is 0 Å². The van der Waals surface area contributed by atoms with E-state index in [0.717, 1.165) is 13.1 Å². The second-order valence-electron chi connectivity index (χ2n) is 6.59. The third-order valence-electron chi connectivity index (χ3n) is 4.46. The maximum Gasteiger partial charge on any atom is 0.169 e. The van der Waals surface area contributed by atoms with Crippen LogP contribution in [-0.2, 0) is 0 Å². The topological polar surface area (TPSA) is 6.48 Å². The van der Waals surface area contributed by atoms with Crippen molar-refractivity contribution < 1.29 is 0 Å². The monoisotopic (exact) mass is 296 g/mol. The molecule has 3 heteroatoms. The van der Waals surface area contributed by atoms with Crippen molar-refractivity contribution in [3.63, 3.8) is 0 Å². The van der Waals surface area contributed by atoms with E-state index in [4.69, 9.17) is 0 Å². The van der Waals surface area contributed by atoms with E-state index in [-0.39, 0.29) is 0 Å². The van der Waals surface area contributed by atoms with Crippen LogP contribution in [0, 0.1) is 0 Å². The highest BCUT2D eigenvalue weighted by Gasteiger charge is 2.11. The normalized spacial score (nSPS) is 15.9. The molecule has 0 saturated carbocycles. The molecule has 118 valence electrons. The third-order valence-corrected chi connectivity index (χ3v) is 4.46. The zero-order valence-electron chi connectivity index (χ0n) is 14.4. The minimum atomic E-state index is 0.577. The van der Waals surface area contributed by atoms with Crippen molar-refractivity contribution in [3.05, 3.63) is 48.7 Å². The molecule has 0 amide bonds. The number of likely N-dealkylation sites (N-methyl/N-ethyl adjacent to an activating group) is 1. The Morgan fingerprint density at radius 1 is 1.23 bits per heavy atom. The van der Waals surface area contributed by atoms with Gasteiger partial charge in [-0.1, -0.05) is 56.0 Å². The van der Waals surface area contributed by atoms with Gasteiger partial charge in [0.2, 0.25) is 0 Å². The molecule has 1 heterocycles. The van der Waals surface area contributed by atoms with E-state index >= 15 is 0 Å². The van der Waals surface area contributed by atoms with Gasteiger partial charge in [0.05, 0.1) is 0 Å². The molecule has 0 bridgehead atoms. The van der Waals surface area contributed by atoms with E-state index in [2.05, 4.69) is 67.5 Å². The molecular formula is C19H29BN2. The van der Waals surface area contributed by atoms with Gasteiger partial charge in [-0.15, -0.1) is 0 Å². The second-order valence-corrected chi connectivity index (χ2v) is 6.59. The molecule has 2 rings (SSSR count). The minimum absolute atomic E-state index is 0.577. The first-order valence-electron chi connectivity index (χ1n) is 8.47. The summed E-state index contributed by atoms with van der Waals surface area (Å²) < 4.78 is 0. The van der Waals surface area contributed by atoms with Crippen molar-refractivity contribution in [2.24, 2.45) is 0 Å². The van der Waals surface area contributed by atoms with Crippen LogP contribution in [0.15, 0.2) is 43.1 Å². The van der Waals surface area contributed by atoms with Gasteiger partial charge < -0.3 is 9.80 Å². The van der Waals surface area contributed by atoms with E-state index in [9.17, 15) is 0 Å². The SMILES string of the molecule is C=C/C(=C\N(C)CCN1CCCC1)c1ccc(B(C)C)cc1. The average molecular weight is 296 g/mol. The standard InChI is InChI=1S/C19H29BN2/c1-5-17(18-8-10-19(11-9-18)20(2)3)16-21(4)14-15-22-12-6-7-13-22/h5,8-11,16H,1,6-7,12-15H2,2-4H3/b17-16+. The van der Waals surface area contributed by atoms with Crippen LogP contribution >= 0.6 is 0 Å². The highest BCUT2D eigenvalue weighted by atomic mass is 15.2. The van der Waals surface area contributed by atoms with Gasteiger partial charge in [0.15, 0.2) is 6.71 Å². The number of hydrogen-bond acceptors (Lipinski definition) is 2. The van der Waals surface area contributed by atoms with E-state index in [0.29, 0.717) is 6.71 Å². The summed E-state index contributed by atoms with van der Waals surface area (Å²) in [4.78, 5) is 4.83. The molecule has 2 nitrogen and oxygen atoms in total. The smallest absolute Gasteiger partial charge is 0.169 e. The predicted octanol–water partition coefficient (Wildman–Crippen LogP) is 3.20. The maximum atomic E-state index is 3.98. The average Bonchev–Trinajstić information content (AvgIpc) is 3.04. The van der Waals surface area contributed by atoms with Gasteiger partial charge in [-0.05, 0) is 37.1 Å². The molecule has 1 aliphatic rings. The first-order chi connectivity index (χ1) is 10.6. The lowest BCUT2D eigenvalue weighted by atomic mass is 9.49. The van der Waals surface area contributed by atoms with Crippen LogP contribution in [-0.4, -0.2) is 49.7 Å². The first kappa shape index (κ1) is 16.9. The molecule has 1 aliphatic heterocycles. The Morgan fingerprint density at radius 3 is 2.41 bits per heavy atom. The van der Waals surface area contributed by atoms with Gasteiger partial charge in [0.25, 0.3) is 0 Å². The van der Waals surface area contributed by atoms with E-state index < -0.39 is 0 Å². The van der Waals surface area contributed by atoms with E-state index in [1.165, 1.54) is 42.5 Å². The summed E-state index contributed by atoms with van der Waals surface area (Å²) in [7, 11) is 2.15. The first-order valence-corrected chi connectivity index (χ1v) is 8.47. The largest absolute Gasteiger partial charge is 0.379 e. The molecular weight excluding hydrogens is 267 g/mol. The molecule has 22 heavy (non-hydrogen) atoms. The molecule has 0 unspecified atom stereocenters. The zero-order chi connectivity index (χ0) is 15.9.